The highest BCUT2D eigenvalue weighted by Crippen LogP contribution is 2.20. The van der Waals surface area contributed by atoms with Gasteiger partial charge in [-0.15, -0.1) is 0 Å². The van der Waals surface area contributed by atoms with Crippen LogP contribution in [0.25, 0.3) is 0 Å². The Morgan fingerprint density at radius 1 is 1.46 bits per heavy atom. The Morgan fingerprint density at radius 2 is 2.38 bits per heavy atom. The third-order valence-corrected chi connectivity index (χ3v) is 2.61. The summed E-state index contributed by atoms with van der Waals surface area (Å²) < 4.78 is 6.83. The molecule has 1 aliphatic heterocycles. The molecular formula is C10H12BrNO. The zero-order valence-corrected chi connectivity index (χ0v) is 8.88. The van der Waals surface area contributed by atoms with Crippen molar-refractivity contribution in [1.29, 1.82) is 0 Å². The lowest BCUT2D eigenvalue weighted by Crippen LogP contribution is -2.19. The van der Waals surface area contributed by atoms with Gasteiger partial charge in [-0.1, -0.05) is 22.0 Å². The zero-order chi connectivity index (χ0) is 9.10. The quantitative estimate of drug-likeness (QED) is 0.858. The average molecular weight is 242 g/mol. The van der Waals surface area contributed by atoms with E-state index in [-0.39, 0.29) is 0 Å². The molecule has 1 aromatic carbocycles. The molecule has 0 saturated carbocycles. The normalized spacial score (nSPS) is 21.8. The highest BCUT2D eigenvalue weighted by Gasteiger charge is 2.15. The molecule has 0 unspecified atom stereocenters. The Hall–Kier alpha value is -0.540. The van der Waals surface area contributed by atoms with Gasteiger partial charge in [0.25, 0.3) is 0 Å². The number of rotatable bonds is 2. The van der Waals surface area contributed by atoms with E-state index in [0.29, 0.717) is 6.10 Å². The molecule has 1 fully saturated rings. The van der Waals surface area contributed by atoms with Crippen LogP contribution in [0.5, 0.6) is 5.75 Å². The van der Waals surface area contributed by atoms with Crippen LogP contribution in [0.2, 0.25) is 0 Å². The molecule has 0 radical (unpaired) electrons. The molecule has 0 aliphatic carbocycles. The Labute approximate surface area is 86.4 Å². The summed E-state index contributed by atoms with van der Waals surface area (Å²) in [5.41, 5.74) is 0. The van der Waals surface area contributed by atoms with Gasteiger partial charge in [0.05, 0.1) is 0 Å². The Bertz CT molecular complexity index is 284. The molecule has 1 aromatic rings. The third kappa shape index (κ3) is 2.45. The van der Waals surface area contributed by atoms with Gasteiger partial charge >= 0.3 is 0 Å². The Balaban J connectivity index is 2.00. The maximum Gasteiger partial charge on any atom is 0.120 e. The van der Waals surface area contributed by atoms with E-state index in [1.807, 2.05) is 24.3 Å². The van der Waals surface area contributed by atoms with Crippen molar-refractivity contribution in [3.8, 4) is 5.75 Å². The lowest BCUT2D eigenvalue weighted by Gasteiger charge is -2.12. The van der Waals surface area contributed by atoms with E-state index in [1.54, 1.807) is 0 Å². The van der Waals surface area contributed by atoms with Gasteiger partial charge < -0.3 is 10.1 Å². The molecule has 3 heteroatoms. The fraction of sp³-hybridized carbons (Fsp3) is 0.400. The summed E-state index contributed by atoms with van der Waals surface area (Å²) in [4.78, 5) is 0. The standard InChI is InChI=1S/C10H12BrNO/c11-8-2-1-3-9(6-8)13-10-4-5-12-7-10/h1-3,6,10,12H,4-5,7H2/t10-/m0/s1. The van der Waals surface area contributed by atoms with Crippen LogP contribution in [-0.4, -0.2) is 19.2 Å². The largest absolute Gasteiger partial charge is 0.489 e. The molecule has 13 heavy (non-hydrogen) atoms. The van der Waals surface area contributed by atoms with Crippen molar-refractivity contribution in [3.63, 3.8) is 0 Å². The first-order valence-electron chi connectivity index (χ1n) is 4.47. The summed E-state index contributed by atoms with van der Waals surface area (Å²) in [5.74, 6) is 0.947. The van der Waals surface area contributed by atoms with Crippen LogP contribution in [0, 0.1) is 0 Å². The molecule has 1 N–H and O–H groups in total. The highest BCUT2D eigenvalue weighted by molar-refractivity contribution is 9.10. The van der Waals surface area contributed by atoms with E-state index in [4.69, 9.17) is 4.74 Å². The van der Waals surface area contributed by atoms with Gasteiger partial charge in [0.15, 0.2) is 0 Å². The molecule has 0 amide bonds. The average Bonchev–Trinajstić information content (AvgIpc) is 2.57. The van der Waals surface area contributed by atoms with Gasteiger partial charge in [-0.25, -0.2) is 0 Å². The predicted molar refractivity (Wildman–Crippen MR) is 56.0 cm³/mol. The fourth-order valence-corrected chi connectivity index (χ4v) is 1.84. The molecule has 2 rings (SSSR count). The Morgan fingerprint density at radius 3 is 3.08 bits per heavy atom. The lowest BCUT2D eigenvalue weighted by atomic mass is 10.3. The smallest absolute Gasteiger partial charge is 0.120 e. The van der Waals surface area contributed by atoms with Crippen LogP contribution in [0.3, 0.4) is 0 Å². The van der Waals surface area contributed by atoms with Crippen molar-refractivity contribution >= 4 is 15.9 Å². The lowest BCUT2D eigenvalue weighted by molar-refractivity contribution is 0.223. The minimum atomic E-state index is 0.342. The predicted octanol–water partition coefficient (Wildman–Crippen LogP) is 2.19. The third-order valence-electron chi connectivity index (χ3n) is 2.11. The second kappa shape index (κ2) is 4.11. The summed E-state index contributed by atoms with van der Waals surface area (Å²) in [5, 5.41) is 3.27. The van der Waals surface area contributed by atoms with E-state index in [0.717, 1.165) is 29.7 Å². The minimum absolute atomic E-state index is 0.342. The van der Waals surface area contributed by atoms with Crippen LogP contribution in [0.1, 0.15) is 6.42 Å². The van der Waals surface area contributed by atoms with Crippen LogP contribution in [0.4, 0.5) is 0 Å². The van der Waals surface area contributed by atoms with E-state index >= 15 is 0 Å². The number of halogens is 1. The molecule has 0 spiro atoms. The summed E-state index contributed by atoms with van der Waals surface area (Å²) in [7, 11) is 0. The van der Waals surface area contributed by atoms with Crippen molar-refractivity contribution in [3.05, 3.63) is 28.7 Å². The summed E-state index contributed by atoms with van der Waals surface area (Å²) in [6, 6.07) is 7.98. The van der Waals surface area contributed by atoms with E-state index in [2.05, 4.69) is 21.2 Å². The second-order valence-electron chi connectivity index (χ2n) is 3.19. The maximum absolute atomic E-state index is 5.76. The van der Waals surface area contributed by atoms with Crippen LogP contribution < -0.4 is 10.1 Å². The summed E-state index contributed by atoms with van der Waals surface area (Å²) in [6.07, 6.45) is 1.45. The van der Waals surface area contributed by atoms with Crippen molar-refractivity contribution < 1.29 is 4.74 Å². The molecule has 2 nitrogen and oxygen atoms in total. The van der Waals surface area contributed by atoms with Gasteiger partial charge in [-0.3, -0.25) is 0 Å². The van der Waals surface area contributed by atoms with E-state index < -0.39 is 0 Å². The van der Waals surface area contributed by atoms with E-state index in [1.165, 1.54) is 0 Å². The first-order valence-corrected chi connectivity index (χ1v) is 5.27. The molecule has 1 saturated heterocycles. The van der Waals surface area contributed by atoms with Gasteiger partial charge in [0.2, 0.25) is 0 Å². The number of hydrogen-bond donors (Lipinski definition) is 1. The maximum atomic E-state index is 5.76. The molecule has 0 aromatic heterocycles. The summed E-state index contributed by atoms with van der Waals surface area (Å²) in [6.45, 7) is 2.03. The molecular weight excluding hydrogens is 230 g/mol. The molecule has 0 bridgehead atoms. The zero-order valence-electron chi connectivity index (χ0n) is 7.29. The molecule has 70 valence electrons. The van der Waals surface area contributed by atoms with Crippen molar-refractivity contribution in [2.75, 3.05) is 13.1 Å². The van der Waals surface area contributed by atoms with Crippen molar-refractivity contribution in [2.24, 2.45) is 0 Å². The number of nitrogens with one attached hydrogen (secondary N) is 1. The molecule has 1 aliphatic rings. The monoisotopic (exact) mass is 241 g/mol. The second-order valence-corrected chi connectivity index (χ2v) is 4.11. The van der Waals surface area contributed by atoms with Gasteiger partial charge in [-0.2, -0.15) is 0 Å². The SMILES string of the molecule is Brc1cccc(O[C@H]2CCNC2)c1. The van der Waals surface area contributed by atoms with E-state index in [9.17, 15) is 0 Å². The topological polar surface area (TPSA) is 21.3 Å². The molecule has 1 atom stereocenters. The van der Waals surface area contributed by atoms with Crippen LogP contribution in [0.15, 0.2) is 28.7 Å². The first kappa shape index (κ1) is 9.03. The number of benzene rings is 1. The first-order chi connectivity index (χ1) is 6.34. The van der Waals surface area contributed by atoms with Gasteiger partial charge in [0, 0.05) is 11.0 Å². The van der Waals surface area contributed by atoms with Gasteiger partial charge in [-0.05, 0) is 31.2 Å². The minimum Gasteiger partial charge on any atom is -0.489 e. The van der Waals surface area contributed by atoms with Crippen LogP contribution >= 0.6 is 15.9 Å². The highest BCUT2D eigenvalue weighted by atomic mass is 79.9. The van der Waals surface area contributed by atoms with Crippen molar-refractivity contribution in [2.45, 2.75) is 12.5 Å². The van der Waals surface area contributed by atoms with Gasteiger partial charge in [0.1, 0.15) is 11.9 Å². The number of ether oxygens (including phenoxy) is 1. The fourth-order valence-electron chi connectivity index (χ4n) is 1.46. The van der Waals surface area contributed by atoms with Crippen LogP contribution in [-0.2, 0) is 0 Å². The van der Waals surface area contributed by atoms with Crippen molar-refractivity contribution in [1.82, 2.24) is 5.32 Å². The number of hydrogen-bond acceptors (Lipinski definition) is 2. The Kier molecular flexibility index (Phi) is 2.86. The molecule has 1 heterocycles. The summed E-state index contributed by atoms with van der Waals surface area (Å²) >= 11 is 3.42.